The van der Waals surface area contributed by atoms with Crippen molar-refractivity contribution in [3.05, 3.63) is 65.6 Å². The Hall–Kier alpha value is -2.09. The average molecular weight is 212 g/mol. The molecular weight excluding hydrogens is 200 g/mol. The van der Waals surface area contributed by atoms with Gasteiger partial charge in [0.25, 0.3) is 0 Å². The van der Waals surface area contributed by atoms with Gasteiger partial charge >= 0.3 is 0 Å². The van der Waals surface area contributed by atoms with Crippen molar-refractivity contribution in [3.8, 4) is 0 Å². The molecule has 1 aromatic carbocycles. The van der Waals surface area contributed by atoms with E-state index in [0.29, 0.717) is 5.76 Å². The fraction of sp³-hybridized carbons (Fsp3) is 0.0714. The lowest BCUT2D eigenvalue weighted by Gasteiger charge is -1.94. The van der Waals surface area contributed by atoms with Gasteiger partial charge in [0.1, 0.15) is 0 Å². The zero-order valence-electron chi connectivity index (χ0n) is 9.01. The van der Waals surface area contributed by atoms with Crippen LogP contribution in [0.15, 0.2) is 53.2 Å². The molecule has 2 aromatic rings. The lowest BCUT2D eigenvalue weighted by Crippen LogP contribution is -1.90. The quantitative estimate of drug-likeness (QED) is 0.576. The maximum atomic E-state index is 11.6. The molecule has 0 saturated heterocycles. The van der Waals surface area contributed by atoms with Gasteiger partial charge in [-0.1, -0.05) is 35.9 Å². The summed E-state index contributed by atoms with van der Waals surface area (Å²) in [6, 6.07) is 11.3. The van der Waals surface area contributed by atoms with Gasteiger partial charge in [-0.15, -0.1) is 0 Å². The van der Waals surface area contributed by atoms with E-state index in [9.17, 15) is 4.79 Å². The summed E-state index contributed by atoms with van der Waals surface area (Å²) in [5.74, 6) is 0.244. The third kappa shape index (κ3) is 2.48. The Labute approximate surface area is 94.2 Å². The zero-order valence-corrected chi connectivity index (χ0v) is 9.01. The molecule has 0 N–H and O–H groups in total. The number of benzene rings is 1. The van der Waals surface area contributed by atoms with Gasteiger partial charge in [-0.05, 0) is 30.7 Å². The maximum Gasteiger partial charge on any atom is 0.221 e. The normalized spacial score (nSPS) is 10.8. The van der Waals surface area contributed by atoms with Gasteiger partial charge in [-0.2, -0.15) is 0 Å². The van der Waals surface area contributed by atoms with E-state index in [0.717, 1.165) is 5.56 Å². The van der Waals surface area contributed by atoms with Crippen LogP contribution in [0.3, 0.4) is 0 Å². The van der Waals surface area contributed by atoms with Crippen molar-refractivity contribution in [2.24, 2.45) is 0 Å². The Morgan fingerprint density at radius 1 is 1.19 bits per heavy atom. The van der Waals surface area contributed by atoms with Crippen LogP contribution in [0.25, 0.3) is 6.08 Å². The molecule has 0 spiro atoms. The predicted molar refractivity (Wildman–Crippen MR) is 63.3 cm³/mol. The summed E-state index contributed by atoms with van der Waals surface area (Å²) in [5.41, 5.74) is 2.21. The van der Waals surface area contributed by atoms with Crippen molar-refractivity contribution in [1.82, 2.24) is 0 Å². The van der Waals surface area contributed by atoms with Crippen LogP contribution in [0.5, 0.6) is 0 Å². The summed E-state index contributed by atoms with van der Waals surface area (Å²) in [7, 11) is 0. The first-order valence-electron chi connectivity index (χ1n) is 5.08. The minimum atomic E-state index is -0.120. The van der Waals surface area contributed by atoms with Crippen LogP contribution >= 0.6 is 0 Å². The number of hydrogen-bond acceptors (Lipinski definition) is 2. The number of aryl methyl sites for hydroxylation is 1. The molecule has 0 unspecified atom stereocenters. The van der Waals surface area contributed by atoms with Gasteiger partial charge in [-0.25, -0.2) is 0 Å². The largest absolute Gasteiger partial charge is 0.461 e. The second-order valence-corrected chi connectivity index (χ2v) is 3.59. The van der Waals surface area contributed by atoms with Crippen molar-refractivity contribution in [3.63, 3.8) is 0 Å². The summed E-state index contributed by atoms with van der Waals surface area (Å²) in [5, 5.41) is 0. The van der Waals surface area contributed by atoms with E-state index in [1.807, 2.05) is 31.2 Å². The molecule has 0 saturated carbocycles. The number of allylic oxidation sites excluding steroid dienone is 1. The van der Waals surface area contributed by atoms with Crippen molar-refractivity contribution in [2.45, 2.75) is 6.92 Å². The molecule has 80 valence electrons. The summed E-state index contributed by atoms with van der Waals surface area (Å²) in [6.07, 6.45) is 4.79. The lowest BCUT2D eigenvalue weighted by molar-refractivity contribution is 0.102. The van der Waals surface area contributed by atoms with Gasteiger partial charge in [-0.3, -0.25) is 4.79 Å². The van der Waals surface area contributed by atoms with Crippen LogP contribution in [0, 0.1) is 6.92 Å². The molecule has 0 radical (unpaired) electrons. The first-order chi connectivity index (χ1) is 7.75. The Bertz CT molecular complexity index is 490. The van der Waals surface area contributed by atoms with Crippen LogP contribution in [-0.4, -0.2) is 5.78 Å². The highest BCUT2D eigenvalue weighted by Gasteiger charge is 2.02. The third-order valence-electron chi connectivity index (χ3n) is 2.27. The third-order valence-corrected chi connectivity index (χ3v) is 2.27. The van der Waals surface area contributed by atoms with E-state index in [4.69, 9.17) is 4.42 Å². The van der Waals surface area contributed by atoms with Crippen molar-refractivity contribution in [2.75, 3.05) is 0 Å². The summed E-state index contributed by atoms with van der Waals surface area (Å²) in [4.78, 5) is 11.6. The van der Waals surface area contributed by atoms with E-state index >= 15 is 0 Å². The minimum absolute atomic E-state index is 0.120. The van der Waals surface area contributed by atoms with Crippen LogP contribution in [0.4, 0.5) is 0 Å². The van der Waals surface area contributed by atoms with E-state index < -0.39 is 0 Å². The molecular formula is C14H12O2. The Balaban J connectivity index is 2.10. The van der Waals surface area contributed by atoms with Crippen molar-refractivity contribution >= 4 is 11.9 Å². The fourth-order valence-electron chi connectivity index (χ4n) is 1.35. The van der Waals surface area contributed by atoms with Crippen LogP contribution < -0.4 is 0 Å². The lowest BCUT2D eigenvalue weighted by atomic mass is 10.1. The number of furan rings is 1. The molecule has 1 aromatic heterocycles. The number of rotatable bonds is 3. The Morgan fingerprint density at radius 2 is 1.94 bits per heavy atom. The molecule has 2 nitrogen and oxygen atoms in total. The second kappa shape index (κ2) is 4.62. The van der Waals surface area contributed by atoms with E-state index in [2.05, 4.69) is 0 Å². The van der Waals surface area contributed by atoms with Crippen molar-refractivity contribution in [1.29, 1.82) is 0 Å². The highest BCUT2D eigenvalue weighted by molar-refractivity contribution is 6.04. The number of ketones is 1. The Morgan fingerprint density at radius 3 is 2.56 bits per heavy atom. The number of carbonyl (C=O) groups excluding carboxylic acids is 1. The van der Waals surface area contributed by atoms with Gasteiger partial charge < -0.3 is 4.42 Å². The van der Waals surface area contributed by atoms with Crippen molar-refractivity contribution < 1.29 is 9.21 Å². The molecule has 0 aliphatic heterocycles. The molecule has 0 fully saturated rings. The van der Waals surface area contributed by atoms with Gasteiger partial charge in [0.05, 0.1) is 6.26 Å². The van der Waals surface area contributed by atoms with Gasteiger partial charge in [0.15, 0.2) is 5.76 Å². The summed E-state index contributed by atoms with van der Waals surface area (Å²) >= 11 is 0. The van der Waals surface area contributed by atoms with E-state index in [-0.39, 0.29) is 5.78 Å². The molecule has 2 heteroatoms. The SMILES string of the molecule is Cc1ccc(/C=C\C(=O)c2ccco2)cc1. The minimum Gasteiger partial charge on any atom is -0.461 e. The highest BCUT2D eigenvalue weighted by atomic mass is 16.3. The van der Waals surface area contributed by atoms with Gasteiger partial charge in [0.2, 0.25) is 5.78 Å². The molecule has 0 amide bonds. The monoisotopic (exact) mass is 212 g/mol. The average Bonchev–Trinajstić information content (AvgIpc) is 2.81. The zero-order chi connectivity index (χ0) is 11.4. The summed E-state index contributed by atoms with van der Waals surface area (Å²) in [6.45, 7) is 2.03. The smallest absolute Gasteiger partial charge is 0.221 e. The molecule has 2 rings (SSSR count). The first kappa shape index (κ1) is 10.4. The fourth-order valence-corrected chi connectivity index (χ4v) is 1.35. The molecule has 0 atom stereocenters. The van der Waals surface area contributed by atoms with Crippen LogP contribution in [0.2, 0.25) is 0 Å². The predicted octanol–water partition coefficient (Wildman–Crippen LogP) is 3.48. The van der Waals surface area contributed by atoms with Crippen LogP contribution in [-0.2, 0) is 0 Å². The molecule has 0 aliphatic rings. The van der Waals surface area contributed by atoms with Gasteiger partial charge in [0, 0.05) is 0 Å². The maximum absolute atomic E-state index is 11.6. The summed E-state index contributed by atoms with van der Waals surface area (Å²) < 4.78 is 5.00. The topological polar surface area (TPSA) is 30.2 Å². The highest BCUT2D eigenvalue weighted by Crippen LogP contribution is 2.07. The Kier molecular flexibility index (Phi) is 3.01. The number of carbonyl (C=O) groups is 1. The standard InChI is InChI=1S/C14H12O2/c1-11-4-6-12(7-5-11)8-9-13(15)14-3-2-10-16-14/h2-10H,1H3/b9-8-. The van der Waals surface area contributed by atoms with E-state index in [1.165, 1.54) is 17.9 Å². The molecule has 1 heterocycles. The van der Waals surface area contributed by atoms with Crippen LogP contribution in [0.1, 0.15) is 21.7 Å². The second-order valence-electron chi connectivity index (χ2n) is 3.59. The molecule has 16 heavy (non-hydrogen) atoms. The van der Waals surface area contributed by atoms with E-state index in [1.54, 1.807) is 18.2 Å². The molecule has 0 bridgehead atoms. The first-order valence-corrected chi connectivity index (χ1v) is 5.08. The molecule has 0 aliphatic carbocycles. The number of hydrogen-bond donors (Lipinski definition) is 0.